The lowest BCUT2D eigenvalue weighted by Gasteiger charge is -2.04. The number of unbranched alkanes of at least 4 members (excludes halogenated alkanes) is 23. The van der Waals surface area contributed by atoms with Gasteiger partial charge in [0.2, 0.25) is 0 Å². The van der Waals surface area contributed by atoms with Gasteiger partial charge in [0.1, 0.15) is 6.54 Å². The summed E-state index contributed by atoms with van der Waals surface area (Å²) in [6.45, 7) is 5.73. The lowest BCUT2D eigenvalue weighted by Crippen LogP contribution is -2.32. The van der Waals surface area contributed by atoms with Gasteiger partial charge in [0.05, 0.1) is 0 Å². The number of carboxylic acids is 1. The van der Waals surface area contributed by atoms with Crippen LogP contribution >= 0.6 is 0 Å². The molecule has 0 N–H and O–H groups in total. The highest BCUT2D eigenvalue weighted by Crippen LogP contribution is 2.14. The van der Waals surface area contributed by atoms with Crippen LogP contribution in [0.15, 0.2) is 30.6 Å². The van der Waals surface area contributed by atoms with Crippen molar-refractivity contribution < 1.29 is 14.5 Å². The normalized spacial score (nSPS) is 10.8. The zero-order valence-electron chi connectivity index (χ0n) is 25.7. The number of aromatic nitrogens is 1. The monoisotopic (exact) mass is 532 g/mol. The van der Waals surface area contributed by atoms with Crippen LogP contribution in [0.25, 0.3) is 0 Å². The van der Waals surface area contributed by atoms with Gasteiger partial charge in [0, 0.05) is 24.5 Å². The number of aliphatic carboxylic acids is 1. The molecule has 0 aliphatic carbocycles. The largest absolute Gasteiger partial charge is 0.550 e. The summed E-state index contributed by atoms with van der Waals surface area (Å²) in [6.07, 6.45) is 38.3. The molecule has 0 saturated heterocycles. The van der Waals surface area contributed by atoms with E-state index in [-0.39, 0.29) is 6.42 Å². The second kappa shape index (κ2) is 31.8. The van der Waals surface area contributed by atoms with E-state index in [9.17, 15) is 9.90 Å². The fraction of sp³-hybridized carbons (Fsp3) is 0.829. The van der Waals surface area contributed by atoms with Gasteiger partial charge in [-0.3, -0.25) is 0 Å². The van der Waals surface area contributed by atoms with Crippen LogP contribution in [0, 0.1) is 0 Å². The van der Waals surface area contributed by atoms with Crippen molar-refractivity contribution in [2.75, 3.05) is 0 Å². The van der Waals surface area contributed by atoms with Gasteiger partial charge in [-0.05, 0) is 19.3 Å². The first-order valence-corrected chi connectivity index (χ1v) is 16.8. The van der Waals surface area contributed by atoms with E-state index in [1.807, 2.05) is 0 Å². The number of carboxylic acid groups (broad SMARTS) is 1. The summed E-state index contributed by atoms with van der Waals surface area (Å²) < 4.78 is 2.28. The molecule has 1 rings (SSSR count). The van der Waals surface area contributed by atoms with Gasteiger partial charge in [0.15, 0.2) is 12.4 Å². The minimum absolute atomic E-state index is 0.234. The quantitative estimate of drug-likeness (QED) is 0.0837. The maximum absolute atomic E-state index is 10.2. The summed E-state index contributed by atoms with van der Waals surface area (Å²) in [7, 11) is 0. The van der Waals surface area contributed by atoms with Crippen LogP contribution in [0.3, 0.4) is 0 Å². The summed E-state index contributed by atoms with van der Waals surface area (Å²) in [4.78, 5) is 10.2. The van der Waals surface area contributed by atoms with Crippen molar-refractivity contribution in [3.05, 3.63) is 30.6 Å². The molecule has 0 bridgehead atoms. The van der Waals surface area contributed by atoms with Crippen LogP contribution < -0.4 is 9.67 Å². The van der Waals surface area contributed by atoms with Gasteiger partial charge < -0.3 is 9.90 Å². The lowest BCUT2D eigenvalue weighted by atomic mass is 10.0. The van der Waals surface area contributed by atoms with Crippen molar-refractivity contribution in [2.24, 2.45) is 0 Å². The zero-order valence-corrected chi connectivity index (χ0v) is 25.7. The SMILES string of the molecule is CCCCCCCCCCCCCCCCCC(=O)[O-].CCCCCCCCCCCC[n+]1ccccc1. The highest BCUT2D eigenvalue weighted by atomic mass is 16.4. The van der Waals surface area contributed by atoms with Crippen molar-refractivity contribution in [1.82, 2.24) is 0 Å². The fourth-order valence-electron chi connectivity index (χ4n) is 5.01. The van der Waals surface area contributed by atoms with Gasteiger partial charge in [-0.25, -0.2) is 4.57 Å². The Morgan fingerprint density at radius 3 is 1.13 bits per heavy atom. The number of rotatable bonds is 27. The molecule has 3 nitrogen and oxygen atoms in total. The second-order valence-corrected chi connectivity index (χ2v) is 11.4. The Morgan fingerprint density at radius 2 is 0.789 bits per heavy atom. The van der Waals surface area contributed by atoms with Gasteiger partial charge in [-0.2, -0.15) is 0 Å². The molecule has 222 valence electrons. The first-order chi connectivity index (χ1) is 18.7. The Hall–Kier alpha value is -1.38. The molecular weight excluding hydrogens is 466 g/mol. The van der Waals surface area contributed by atoms with Gasteiger partial charge in [-0.15, -0.1) is 0 Å². The molecule has 0 aliphatic rings. The van der Waals surface area contributed by atoms with E-state index in [0.29, 0.717) is 0 Å². The topological polar surface area (TPSA) is 44.0 Å². The minimum atomic E-state index is -0.903. The molecule has 0 saturated carbocycles. The van der Waals surface area contributed by atoms with Crippen LogP contribution in [-0.4, -0.2) is 5.97 Å². The summed E-state index contributed by atoms with van der Waals surface area (Å²) in [5.41, 5.74) is 0. The predicted molar refractivity (Wildman–Crippen MR) is 163 cm³/mol. The molecule has 1 heterocycles. The fourth-order valence-corrected chi connectivity index (χ4v) is 5.01. The van der Waals surface area contributed by atoms with Crippen molar-refractivity contribution in [1.29, 1.82) is 0 Å². The van der Waals surface area contributed by atoms with Crippen LogP contribution in [-0.2, 0) is 11.3 Å². The third-order valence-corrected chi connectivity index (χ3v) is 7.53. The molecule has 0 atom stereocenters. The Balaban J connectivity index is 0.000000724. The summed E-state index contributed by atoms with van der Waals surface area (Å²) in [6, 6.07) is 6.29. The highest BCUT2D eigenvalue weighted by molar-refractivity contribution is 5.64. The molecule has 38 heavy (non-hydrogen) atoms. The van der Waals surface area contributed by atoms with Crippen LogP contribution in [0.4, 0.5) is 0 Å². The molecule has 0 aliphatic heterocycles. The molecule has 3 heteroatoms. The van der Waals surface area contributed by atoms with Crippen LogP contribution in [0.2, 0.25) is 0 Å². The molecule has 0 unspecified atom stereocenters. The molecule has 1 aromatic rings. The van der Waals surface area contributed by atoms with Gasteiger partial charge >= 0.3 is 0 Å². The van der Waals surface area contributed by atoms with Crippen molar-refractivity contribution in [3.8, 4) is 0 Å². The van der Waals surface area contributed by atoms with E-state index < -0.39 is 5.97 Å². The number of carbonyl (C=O) groups excluding carboxylic acids is 1. The average molecular weight is 532 g/mol. The van der Waals surface area contributed by atoms with E-state index in [1.54, 1.807) is 0 Å². The zero-order chi connectivity index (χ0) is 27.8. The van der Waals surface area contributed by atoms with Crippen LogP contribution in [0.5, 0.6) is 0 Å². The summed E-state index contributed by atoms with van der Waals surface area (Å²) >= 11 is 0. The second-order valence-electron chi connectivity index (χ2n) is 11.4. The number of nitrogens with zero attached hydrogens (tertiary/aromatic N) is 1. The summed E-state index contributed by atoms with van der Waals surface area (Å²) in [5, 5.41) is 10.2. The van der Waals surface area contributed by atoms with Crippen molar-refractivity contribution >= 4 is 5.97 Å². The standard InChI is InChI=1S/C18H36O2.C17H30N/c1-2-3-4-5-6-7-8-9-10-11-12-13-14-15-16-17-18(19)20;1-2-3-4-5-6-7-8-9-10-12-15-18-16-13-11-14-17-18/h2-17H2,1H3,(H,19,20);11,13-14,16-17H,2-10,12,15H2,1H3/q;+1/p-1. The molecule has 0 aromatic carbocycles. The number of hydrogen-bond donors (Lipinski definition) is 0. The van der Waals surface area contributed by atoms with E-state index in [1.165, 1.54) is 154 Å². The number of aryl methyl sites for hydroxylation is 1. The van der Waals surface area contributed by atoms with E-state index >= 15 is 0 Å². The number of carbonyl (C=O) groups is 1. The molecule has 0 radical (unpaired) electrons. The molecule has 0 amide bonds. The highest BCUT2D eigenvalue weighted by Gasteiger charge is 1.98. The maximum atomic E-state index is 10.2. The minimum Gasteiger partial charge on any atom is -0.550 e. The number of pyridine rings is 1. The van der Waals surface area contributed by atoms with E-state index in [4.69, 9.17) is 0 Å². The van der Waals surface area contributed by atoms with Crippen LogP contribution in [0.1, 0.15) is 181 Å². The van der Waals surface area contributed by atoms with Gasteiger partial charge in [0.25, 0.3) is 0 Å². The third-order valence-electron chi connectivity index (χ3n) is 7.53. The predicted octanol–water partition coefficient (Wildman–Crippen LogP) is 9.89. The van der Waals surface area contributed by atoms with Gasteiger partial charge in [-0.1, -0.05) is 161 Å². The smallest absolute Gasteiger partial charge is 0.168 e. The van der Waals surface area contributed by atoms with E-state index in [0.717, 1.165) is 12.8 Å². The molecular formula is C35H65NO2. The number of hydrogen-bond acceptors (Lipinski definition) is 2. The lowest BCUT2D eigenvalue weighted by molar-refractivity contribution is -0.697. The Bertz CT molecular complexity index is 575. The molecule has 0 spiro atoms. The van der Waals surface area contributed by atoms with Crippen molar-refractivity contribution in [3.63, 3.8) is 0 Å². The Morgan fingerprint density at radius 1 is 0.474 bits per heavy atom. The van der Waals surface area contributed by atoms with E-state index in [2.05, 4.69) is 49.0 Å². The third kappa shape index (κ3) is 30.8. The molecule has 0 fully saturated rings. The maximum Gasteiger partial charge on any atom is 0.168 e. The summed E-state index contributed by atoms with van der Waals surface area (Å²) in [5.74, 6) is -0.903. The molecule has 1 aromatic heterocycles. The average Bonchev–Trinajstić information content (AvgIpc) is 2.93. The first-order valence-electron chi connectivity index (χ1n) is 16.8. The van der Waals surface area contributed by atoms with Crippen molar-refractivity contribution in [2.45, 2.75) is 187 Å². The first kappa shape index (κ1) is 36.6. The Labute approximate surface area is 238 Å². The Kier molecular flexibility index (Phi) is 30.7.